The second-order valence-electron chi connectivity index (χ2n) is 5.09. The van der Waals surface area contributed by atoms with Crippen molar-refractivity contribution in [2.24, 2.45) is 0 Å². The smallest absolute Gasteiger partial charge is 0.244 e. The third-order valence-electron chi connectivity index (χ3n) is 3.26. The summed E-state index contributed by atoms with van der Waals surface area (Å²) in [6.45, 7) is 3.02. The van der Waals surface area contributed by atoms with Crippen LogP contribution in [0.25, 0.3) is 0 Å². The third-order valence-corrected chi connectivity index (χ3v) is 3.76. The molecule has 0 bridgehead atoms. The first-order chi connectivity index (χ1) is 10.9. The quantitative estimate of drug-likeness (QED) is 0.877. The van der Waals surface area contributed by atoms with Crippen LogP contribution in [0.5, 0.6) is 0 Å². The van der Waals surface area contributed by atoms with E-state index in [1.165, 1.54) is 30.0 Å². The number of benzene rings is 2. The fraction of sp³-hybridized carbons (Fsp3) is 0.176. The van der Waals surface area contributed by atoms with Gasteiger partial charge in [0.15, 0.2) is 0 Å². The summed E-state index contributed by atoms with van der Waals surface area (Å²) in [5.41, 5.74) is 1.91. The van der Waals surface area contributed by atoms with Crippen LogP contribution in [0.4, 0.5) is 15.8 Å². The van der Waals surface area contributed by atoms with E-state index in [-0.39, 0.29) is 18.4 Å². The first kappa shape index (κ1) is 17.1. The second kappa shape index (κ2) is 7.37. The predicted octanol–water partition coefficient (Wildman–Crippen LogP) is 3.89. The number of carbonyl (C=O) groups is 2. The minimum absolute atomic E-state index is 0.186. The van der Waals surface area contributed by atoms with Gasteiger partial charge in [-0.15, -0.1) is 0 Å². The maximum absolute atomic E-state index is 13.3. The molecule has 0 saturated heterocycles. The fourth-order valence-corrected chi connectivity index (χ4v) is 2.60. The molecule has 2 rings (SSSR count). The van der Waals surface area contributed by atoms with E-state index in [9.17, 15) is 14.0 Å². The van der Waals surface area contributed by atoms with Crippen LogP contribution in [0.15, 0.2) is 46.9 Å². The van der Waals surface area contributed by atoms with E-state index in [0.29, 0.717) is 11.4 Å². The van der Waals surface area contributed by atoms with Gasteiger partial charge in [-0.25, -0.2) is 4.39 Å². The molecule has 1 N–H and O–H groups in total. The molecular weight excluding hydrogens is 363 g/mol. The first-order valence-corrected chi connectivity index (χ1v) is 7.76. The Balaban J connectivity index is 2.14. The lowest BCUT2D eigenvalue weighted by Gasteiger charge is -2.21. The number of halogens is 2. The highest BCUT2D eigenvalue weighted by Gasteiger charge is 2.16. The van der Waals surface area contributed by atoms with Crippen molar-refractivity contribution >= 4 is 39.1 Å². The van der Waals surface area contributed by atoms with Crippen LogP contribution in [0.2, 0.25) is 0 Å². The summed E-state index contributed by atoms with van der Waals surface area (Å²) in [5.74, 6) is -1.15. The molecule has 0 unspecified atom stereocenters. The Hall–Kier alpha value is -2.21. The van der Waals surface area contributed by atoms with Crippen LogP contribution in [0, 0.1) is 12.7 Å². The van der Waals surface area contributed by atoms with Gasteiger partial charge in [-0.3, -0.25) is 9.59 Å². The van der Waals surface area contributed by atoms with E-state index in [1.54, 1.807) is 12.1 Å². The molecule has 2 aromatic carbocycles. The van der Waals surface area contributed by atoms with Crippen molar-refractivity contribution in [2.75, 3.05) is 16.8 Å². The second-order valence-corrected chi connectivity index (χ2v) is 6.01. The van der Waals surface area contributed by atoms with Crippen molar-refractivity contribution in [3.63, 3.8) is 0 Å². The number of carbonyl (C=O) groups excluding carboxylic acids is 2. The van der Waals surface area contributed by atoms with Crippen molar-refractivity contribution in [1.82, 2.24) is 0 Å². The maximum Gasteiger partial charge on any atom is 0.244 e. The molecule has 0 saturated carbocycles. The highest BCUT2D eigenvalue weighted by Crippen LogP contribution is 2.20. The number of nitrogens with zero attached hydrogens (tertiary/aromatic N) is 1. The molecule has 0 heterocycles. The summed E-state index contributed by atoms with van der Waals surface area (Å²) < 4.78 is 14.2. The third kappa shape index (κ3) is 4.63. The Morgan fingerprint density at radius 3 is 2.57 bits per heavy atom. The van der Waals surface area contributed by atoms with Crippen LogP contribution in [-0.2, 0) is 9.59 Å². The Bertz CT molecular complexity index is 749. The average molecular weight is 379 g/mol. The van der Waals surface area contributed by atoms with Crippen LogP contribution >= 0.6 is 15.9 Å². The molecule has 0 aliphatic carbocycles. The topological polar surface area (TPSA) is 49.4 Å². The number of nitrogens with one attached hydrogen (secondary N) is 1. The van der Waals surface area contributed by atoms with Gasteiger partial charge < -0.3 is 10.2 Å². The average Bonchev–Trinajstić information content (AvgIpc) is 2.47. The molecule has 0 atom stereocenters. The highest BCUT2D eigenvalue weighted by molar-refractivity contribution is 9.10. The van der Waals surface area contributed by atoms with Gasteiger partial charge >= 0.3 is 0 Å². The largest absolute Gasteiger partial charge is 0.324 e. The van der Waals surface area contributed by atoms with Gasteiger partial charge in [0.2, 0.25) is 11.8 Å². The summed E-state index contributed by atoms with van der Waals surface area (Å²) in [7, 11) is 0. The van der Waals surface area contributed by atoms with Gasteiger partial charge in [0, 0.05) is 22.8 Å². The molecule has 0 aromatic heterocycles. The molecule has 2 amide bonds. The summed E-state index contributed by atoms with van der Waals surface area (Å²) in [6, 6.07) is 11.1. The van der Waals surface area contributed by atoms with Gasteiger partial charge in [0.1, 0.15) is 12.4 Å². The Labute approximate surface area is 142 Å². The summed E-state index contributed by atoms with van der Waals surface area (Å²) in [5, 5.41) is 2.76. The molecule has 0 aliphatic heterocycles. The van der Waals surface area contributed by atoms with Gasteiger partial charge in [-0.2, -0.15) is 0 Å². The van der Waals surface area contributed by atoms with Crippen LogP contribution in [0.3, 0.4) is 0 Å². The zero-order chi connectivity index (χ0) is 17.0. The zero-order valence-corrected chi connectivity index (χ0v) is 14.4. The van der Waals surface area contributed by atoms with Crippen molar-refractivity contribution in [1.29, 1.82) is 0 Å². The first-order valence-electron chi connectivity index (χ1n) is 6.96. The minimum Gasteiger partial charge on any atom is -0.324 e. The summed E-state index contributed by atoms with van der Waals surface area (Å²) in [4.78, 5) is 25.2. The normalized spacial score (nSPS) is 10.3. The van der Waals surface area contributed by atoms with E-state index in [4.69, 9.17) is 0 Å². The number of hydrogen-bond acceptors (Lipinski definition) is 2. The molecular formula is C17H16BrFN2O2. The monoisotopic (exact) mass is 378 g/mol. The van der Waals surface area contributed by atoms with E-state index < -0.39 is 5.82 Å². The number of amides is 2. The number of anilines is 2. The fourth-order valence-electron chi connectivity index (χ4n) is 2.13. The number of hydrogen-bond donors (Lipinski definition) is 1. The highest BCUT2D eigenvalue weighted by atomic mass is 79.9. The molecule has 0 spiro atoms. The van der Waals surface area contributed by atoms with E-state index in [0.717, 1.165) is 10.0 Å². The van der Waals surface area contributed by atoms with Crippen LogP contribution < -0.4 is 10.2 Å². The van der Waals surface area contributed by atoms with Crippen molar-refractivity contribution in [3.8, 4) is 0 Å². The van der Waals surface area contributed by atoms with Gasteiger partial charge in [-0.1, -0.05) is 22.0 Å². The predicted molar refractivity (Wildman–Crippen MR) is 91.9 cm³/mol. The van der Waals surface area contributed by atoms with Crippen molar-refractivity contribution in [2.45, 2.75) is 13.8 Å². The molecule has 120 valence electrons. The van der Waals surface area contributed by atoms with Gasteiger partial charge in [0.25, 0.3) is 0 Å². The van der Waals surface area contributed by atoms with Crippen LogP contribution in [-0.4, -0.2) is 18.4 Å². The van der Waals surface area contributed by atoms with Crippen molar-refractivity contribution < 1.29 is 14.0 Å². The molecule has 0 aliphatic rings. The molecule has 0 radical (unpaired) electrons. The molecule has 23 heavy (non-hydrogen) atoms. The maximum atomic E-state index is 13.3. The lowest BCUT2D eigenvalue weighted by atomic mass is 10.2. The Kier molecular flexibility index (Phi) is 5.50. The molecule has 2 aromatic rings. The van der Waals surface area contributed by atoms with E-state index in [1.807, 2.05) is 19.1 Å². The van der Waals surface area contributed by atoms with Crippen LogP contribution in [0.1, 0.15) is 12.5 Å². The van der Waals surface area contributed by atoms with E-state index in [2.05, 4.69) is 21.2 Å². The Morgan fingerprint density at radius 1 is 1.22 bits per heavy atom. The molecule has 4 nitrogen and oxygen atoms in total. The Morgan fingerprint density at radius 2 is 1.96 bits per heavy atom. The van der Waals surface area contributed by atoms with Gasteiger partial charge in [0.05, 0.1) is 0 Å². The van der Waals surface area contributed by atoms with Gasteiger partial charge in [-0.05, 0) is 48.9 Å². The zero-order valence-electron chi connectivity index (χ0n) is 12.8. The lowest BCUT2D eigenvalue weighted by Crippen LogP contribution is -2.36. The molecule has 6 heteroatoms. The molecule has 0 fully saturated rings. The summed E-state index contributed by atoms with van der Waals surface area (Å²) in [6.07, 6.45) is 0. The van der Waals surface area contributed by atoms with Crippen molar-refractivity contribution in [3.05, 3.63) is 58.3 Å². The van der Waals surface area contributed by atoms with E-state index >= 15 is 0 Å². The summed E-state index contributed by atoms with van der Waals surface area (Å²) >= 11 is 3.36. The SMILES string of the molecule is CC(=O)N(CC(=O)Nc1ccc(Br)cc1C)c1cccc(F)c1. The minimum atomic E-state index is -0.460. The standard InChI is InChI=1S/C17H16BrFN2O2/c1-11-8-13(18)6-7-16(11)20-17(23)10-21(12(2)22)15-5-3-4-14(19)9-15/h3-9H,10H2,1-2H3,(H,20,23). The lowest BCUT2D eigenvalue weighted by molar-refractivity contribution is -0.120. The number of rotatable bonds is 4. The number of aryl methyl sites for hydroxylation is 1.